The van der Waals surface area contributed by atoms with E-state index in [9.17, 15) is 14.0 Å². The Balaban J connectivity index is 0.000000271. The Hall–Kier alpha value is -4.78. The molecule has 3 heterocycles. The molecular weight excluding hydrogens is 523 g/mol. The number of aryl methyl sites for hydroxylation is 1. The molecular formula is C31H33FN6O3. The van der Waals surface area contributed by atoms with E-state index in [1.165, 1.54) is 0 Å². The molecule has 9 nitrogen and oxygen atoms in total. The maximum absolute atomic E-state index is 14.5. The van der Waals surface area contributed by atoms with Crippen LogP contribution >= 0.6 is 0 Å². The maximum atomic E-state index is 14.5. The van der Waals surface area contributed by atoms with E-state index in [2.05, 4.69) is 21.5 Å². The monoisotopic (exact) mass is 556 g/mol. The van der Waals surface area contributed by atoms with E-state index >= 15 is 0 Å². The largest absolute Gasteiger partial charge is 0.456 e. The highest BCUT2D eigenvalue weighted by Gasteiger charge is 2.31. The summed E-state index contributed by atoms with van der Waals surface area (Å²) in [4.78, 5) is 28.7. The van der Waals surface area contributed by atoms with E-state index in [0.29, 0.717) is 65.0 Å². The van der Waals surface area contributed by atoms with E-state index in [0.717, 1.165) is 5.69 Å². The van der Waals surface area contributed by atoms with Gasteiger partial charge in [-0.15, -0.1) is 0 Å². The summed E-state index contributed by atoms with van der Waals surface area (Å²) in [6.45, 7) is 10.6. The van der Waals surface area contributed by atoms with Crippen LogP contribution in [0.5, 0.6) is 11.5 Å². The molecule has 0 radical (unpaired) electrons. The van der Waals surface area contributed by atoms with Gasteiger partial charge in [-0.05, 0) is 70.0 Å². The number of nitrogens with one attached hydrogen (secondary N) is 1. The second-order valence-electron chi connectivity index (χ2n) is 10.8. The molecule has 41 heavy (non-hydrogen) atoms. The van der Waals surface area contributed by atoms with Crippen molar-refractivity contribution in [2.24, 2.45) is 5.92 Å². The number of nitrogens with zero attached hydrogens (tertiary/aromatic N) is 5. The van der Waals surface area contributed by atoms with Gasteiger partial charge in [0.05, 0.1) is 34.9 Å². The molecule has 10 heteroatoms. The molecule has 212 valence electrons. The minimum absolute atomic E-state index is 0.0389. The summed E-state index contributed by atoms with van der Waals surface area (Å²) in [7, 11) is 0. The number of nitriles is 1. The van der Waals surface area contributed by atoms with Crippen molar-refractivity contribution in [2.75, 3.05) is 18.4 Å². The number of aromatic nitrogens is 3. The Labute approximate surface area is 238 Å². The third-order valence-electron chi connectivity index (χ3n) is 6.81. The Morgan fingerprint density at radius 2 is 1.98 bits per heavy atom. The standard InChI is InChI=1S/C23H20FN3O2.C8H13N3O/c1-3-16-5-7-20(14(2)22(16)24)29-21-8-9-26-19-6-4-17(10-18(19)21)23(28)27-12-15(11-25)13-27;1-8(2,3)11-5-7(4-10-11)9-6-12/h4-10,15H,3,12-13H2,1-2H3;4-6H,1-3H3,(H,9,12). The SMILES string of the molecule is CC(C)(C)n1cc(NC=O)cn1.CCc1ccc(Oc2ccnc3ccc(C(=O)N4CC(C#N)C4)cc23)c(C)c1F. The zero-order valence-corrected chi connectivity index (χ0v) is 23.8. The molecule has 1 aliphatic rings. The number of hydrogen-bond donors (Lipinski definition) is 1. The number of benzene rings is 2. The molecule has 2 aromatic carbocycles. The van der Waals surface area contributed by atoms with Crippen molar-refractivity contribution in [3.8, 4) is 17.6 Å². The predicted molar refractivity (Wildman–Crippen MR) is 154 cm³/mol. The minimum atomic E-state index is -0.260. The summed E-state index contributed by atoms with van der Waals surface area (Å²) in [5.74, 6) is 0.467. The summed E-state index contributed by atoms with van der Waals surface area (Å²) in [6, 6.07) is 12.6. The van der Waals surface area contributed by atoms with Crippen molar-refractivity contribution in [1.29, 1.82) is 5.26 Å². The quantitative estimate of drug-likeness (QED) is 0.299. The van der Waals surface area contributed by atoms with Crippen LogP contribution in [-0.4, -0.2) is 45.1 Å². The highest BCUT2D eigenvalue weighted by atomic mass is 19.1. The van der Waals surface area contributed by atoms with Gasteiger partial charge in [0.25, 0.3) is 5.91 Å². The lowest BCUT2D eigenvalue weighted by atomic mass is 10.00. The van der Waals surface area contributed by atoms with Gasteiger partial charge in [-0.3, -0.25) is 19.3 Å². The fourth-order valence-corrected chi connectivity index (χ4v) is 4.31. The average Bonchev–Trinajstić information content (AvgIpc) is 3.41. The maximum Gasteiger partial charge on any atom is 0.253 e. The van der Waals surface area contributed by atoms with E-state index in [4.69, 9.17) is 10.00 Å². The third-order valence-corrected chi connectivity index (χ3v) is 6.81. The van der Waals surface area contributed by atoms with E-state index < -0.39 is 0 Å². The lowest BCUT2D eigenvalue weighted by Crippen LogP contribution is -2.49. The normalized spacial score (nSPS) is 13.0. The molecule has 0 bridgehead atoms. The summed E-state index contributed by atoms with van der Waals surface area (Å²) >= 11 is 0. The number of carbonyl (C=O) groups excluding carboxylic acids is 2. The van der Waals surface area contributed by atoms with Gasteiger partial charge in [-0.2, -0.15) is 10.4 Å². The van der Waals surface area contributed by atoms with Crippen molar-refractivity contribution in [1.82, 2.24) is 19.7 Å². The molecule has 0 spiro atoms. The Kier molecular flexibility index (Phi) is 8.67. The van der Waals surface area contributed by atoms with Gasteiger partial charge < -0.3 is 15.0 Å². The van der Waals surface area contributed by atoms with Crippen LogP contribution in [0, 0.1) is 30.0 Å². The molecule has 2 aromatic heterocycles. The first kappa shape index (κ1) is 29.2. The van der Waals surface area contributed by atoms with Crippen LogP contribution in [0.1, 0.15) is 49.2 Å². The molecule has 4 aromatic rings. The van der Waals surface area contributed by atoms with E-state index in [-0.39, 0.29) is 23.2 Å². The highest BCUT2D eigenvalue weighted by molar-refractivity contribution is 5.99. The van der Waals surface area contributed by atoms with Crippen molar-refractivity contribution in [3.05, 3.63) is 77.5 Å². The molecule has 1 aliphatic heterocycles. The first-order valence-corrected chi connectivity index (χ1v) is 13.3. The van der Waals surface area contributed by atoms with Crippen molar-refractivity contribution in [2.45, 2.75) is 46.6 Å². The minimum Gasteiger partial charge on any atom is -0.456 e. The summed E-state index contributed by atoms with van der Waals surface area (Å²) in [5, 5.41) is 16.2. The Bertz CT molecular complexity index is 1610. The first-order valence-electron chi connectivity index (χ1n) is 13.3. The number of pyridine rings is 1. The molecule has 0 saturated carbocycles. The Morgan fingerprint density at radius 3 is 2.61 bits per heavy atom. The number of fused-ring (bicyclic) bond motifs is 1. The van der Waals surface area contributed by atoms with Crippen LogP contribution < -0.4 is 10.1 Å². The van der Waals surface area contributed by atoms with Gasteiger partial charge in [-0.25, -0.2) is 4.39 Å². The van der Waals surface area contributed by atoms with Crippen LogP contribution in [0.3, 0.4) is 0 Å². The van der Waals surface area contributed by atoms with Crippen molar-refractivity contribution < 1.29 is 18.7 Å². The lowest BCUT2D eigenvalue weighted by molar-refractivity contribution is -0.105. The Morgan fingerprint density at radius 1 is 1.22 bits per heavy atom. The first-order chi connectivity index (χ1) is 19.5. The van der Waals surface area contributed by atoms with Crippen LogP contribution in [-0.2, 0) is 16.8 Å². The van der Waals surface area contributed by atoms with E-state index in [1.54, 1.807) is 71.5 Å². The number of likely N-dealkylation sites (tertiary alicyclic amines) is 1. The predicted octanol–water partition coefficient (Wildman–Crippen LogP) is 5.84. The van der Waals surface area contributed by atoms with Gasteiger partial charge in [0.1, 0.15) is 17.3 Å². The number of carbonyl (C=O) groups is 2. The lowest BCUT2D eigenvalue weighted by Gasteiger charge is -2.35. The number of halogens is 1. The highest BCUT2D eigenvalue weighted by Crippen LogP contribution is 2.33. The fraction of sp³-hybridized carbons (Fsp3) is 0.323. The number of amides is 2. The van der Waals surface area contributed by atoms with Gasteiger partial charge in [-0.1, -0.05) is 13.0 Å². The van der Waals surface area contributed by atoms with Crippen LogP contribution in [0.2, 0.25) is 0 Å². The van der Waals surface area contributed by atoms with Crippen LogP contribution in [0.25, 0.3) is 10.9 Å². The van der Waals surface area contributed by atoms with Crippen molar-refractivity contribution in [3.63, 3.8) is 0 Å². The third kappa shape index (κ3) is 6.52. The molecule has 0 unspecified atom stereocenters. The molecule has 1 saturated heterocycles. The van der Waals surface area contributed by atoms with Gasteiger partial charge >= 0.3 is 0 Å². The van der Waals surface area contributed by atoms with Crippen molar-refractivity contribution >= 4 is 28.9 Å². The summed E-state index contributed by atoms with van der Waals surface area (Å²) in [5.41, 5.74) is 2.97. The number of rotatable bonds is 6. The zero-order chi connectivity index (χ0) is 29.7. The summed E-state index contributed by atoms with van der Waals surface area (Å²) in [6.07, 6.45) is 6.30. The van der Waals surface area contributed by atoms with Gasteiger partial charge in [0.15, 0.2) is 0 Å². The topological polar surface area (TPSA) is 113 Å². The number of anilines is 1. The second-order valence-corrected chi connectivity index (χ2v) is 10.8. The van der Waals surface area contributed by atoms with Crippen LogP contribution in [0.4, 0.5) is 10.1 Å². The molecule has 2 amide bonds. The second kappa shape index (κ2) is 12.2. The number of ether oxygens (including phenoxy) is 1. The number of hydrogen-bond acceptors (Lipinski definition) is 6. The van der Waals surface area contributed by atoms with Gasteiger partial charge in [0.2, 0.25) is 6.41 Å². The van der Waals surface area contributed by atoms with Gasteiger partial charge in [0, 0.05) is 42.0 Å². The molecule has 0 atom stereocenters. The molecule has 5 rings (SSSR count). The molecule has 1 N–H and O–H groups in total. The average molecular weight is 557 g/mol. The molecule has 0 aliphatic carbocycles. The molecule has 1 fully saturated rings. The van der Waals surface area contributed by atoms with E-state index in [1.807, 2.05) is 27.7 Å². The zero-order valence-electron chi connectivity index (χ0n) is 23.8. The van der Waals surface area contributed by atoms with Crippen LogP contribution in [0.15, 0.2) is 55.0 Å². The fourth-order valence-electron chi connectivity index (χ4n) is 4.31. The smallest absolute Gasteiger partial charge is 0.253 e. The summed E-state index contributed by atoms with van der Waals surface area (Å²) < 4.78 is 22.3.